The van der Waals surface area contributed by atoms with Crippen LogP contribution in [0, 0.1) is 10.8 Å². The Morgan fingerprint density at radius 3 is 2.51 bits per heavy atom. The number of fused-ring (bicyclic) bond motifs is 1. The first-order valence-electron chi connectivity index (χ1n) is 11.5. The molecule has 2 heterocycles. The van der Waals surface area contributed by atoms with Crippen LogP contribution in [0.1, 0.15) is 53.4 Å². The van der Waals surface area contributed by atoms with Crippen molar-refractivity contribution in [2.45, 2.75) is 64.3 Å². The average molecular weight is 525 g/mol. The Kier molecular flexibility index (Phi) is 5.99. The number of anilines is 2. The molecule has 4 rings (SSSR count). The van der Waals surface area contributed by atoms with Crippen molar-refractivity contribution >= 4 is 43.2 Å². The maximum absolute atomic E-state index is 13.5. The van der Waals surface area contributed by atoms with Crippen molar-refractivity contribution in [3.05, 3.63) is 29.5 Å². The molecule has 1 aromatic rings. The summed E-state index contributed by atoms with van der Waals surface area (Å²) in [7, 11) is -7.90. The zero-order chi connectivity index (χ0) is 26.0. The van der Waals surface area contributed by atoms with Gasteiger partial charge < -0.3 is 15.3 Å². The van der Waals surface area contributed by atoms with Gasteiger partial charge in [-0.05, 0) is 49.3 Å². The van der Waals surface area contributed by atoms with Crippen LogP contribution in [0.3, 0.4) is 0 Å². The third-order valence-electron chi connectivity index (χ3n) is 6.48. The third-order valence-corrected chi connectivity index (χ3v) is 8.40. The summed E-state index contributed by atoms with van der Waals surface area (Å²) in [6.07, 6.45) is 4.10. The van der Waals surface area contributed by atoms with Crippen molar-refractivity contribution in [1.82, 2.24) is 4.90 Å². The fourth-order valence-electron chi connectivity index (χ4n) is 4.36. The molecule has 0 bridgehead atoms. The van der Waals surface area contributed by atoms with Crippen molar-refractivity contribution in [2.75, 3.05) is 22.8 Å². The van der Waals surface area contributed by atoms with E-state index in [1.54, 1.807) is 4.90 Å². The van der Waals surface area contributed by atoms with Crippen LogP contribution in [0.5, 0.6) is 0 Å². The van der Waals surface area contributed by atoms with Crippen LogP contribution in [0.15, 0.2) is 38.8 Å². The number of rotatable bonds is 6. The summed E-state index contributed by atoms with van der Waals surface area (Å²) in [4.78, 5) is 15.0. The van der Waals surface area contributed by atoms with Crippen molar-refractivity contribution in [3.63, 3.8) is 0 Å². The van der Waals surface area contributed by atoms with E-state index < -0.39 is 31.4 Å². The summed E-state index contributed by atoms with van der Waals surface area (Å²) in [5.74, 6) is -0.835. The molecule has 0 aromatic heterocycles. The molecule has 0 spiro atoms. The maximum Gasteiger partial charge on any atom is 0.286 e. The summed E-state index contributed by atoms with van der Waals surface area (Å²) in [6, 6.07) is 4.04. The molecule has 12 heteroatoms. The summed E-state index contributed by atoms with van der Waals surface area (Å²) >= 11 is 0. The first kappa shape index (κ1) is 25.5. The van der Waals surface area contributed by atoms with E-state index in [0.29, 0.717) is 13.0 Å². The molecule has 192 valence electrons. The lowest BCUT2D eigenvalue weighted by atomic mass is 9.74. The largest absolute Gasteiger partial charge is 0.511 e. The Morgan fingerprint density at radius 1 is 1.29 bits per heavy atom. The zero-order valence-electron chi connectivity index (χ0n) is 20.5. The molecule has 3 N–H and O–H groups in total. The number of amides is 1. The summed E-state index contributed by atoms with van der Waals surface area (Å²) in [5, 5.41) is 14.2. The molecule has 1 saturated carbocycles. The number of sulfonamides is 2. The average Bonchev–Trinajstić information content (AvgIpc) is 3.53. The van der Waals surface area contributed by atoms with Gasteiger partial charge >= 0.3 is 0 Å². The van der Waals surface area contributed by atoms with Crippen LogP contribution in [0.2, 0.25) is 0 Å². The Balaban J connectivity index is 1.77. The second-order valence-corrected chi connectivity index (χ2v) is 14.5. The monoisotopic (exact) mass is 524 g/mol. The van der Waals surface area contributed by atoms with Crippen molar-refractivity contribution in [1.29, 1.82) is 0 Å². The van der Waals surface area contributed by atoms with E-state index in [0.717, 1.165) is 25.5 Å². The normalized spacial score (nSPS) is 24.5. The topological polar surface area (TPSA) is 145 Å². The van der Waals surface area contributed by atoms with E-state index in [2.05, 4.69) is 35.2 Å². The number of hydrogen-bond acceptors (Lipinski definition) is 7. The Morgan fingerprint density at radius 2 is 1.94 bits per heavy atom. The van der Waals surface area contributed by atoms with Crippen molar-refractivity contribution in [3.8, 4) is 0 Å². The predicted octanol–water partition coefficient (Wildman–Crippen LogP) is 3.22. The lowest BCUT2D eigenvalue weighted by molar-refractivity contribution is -0.130. The smallest absolute Gasteiger partial charge is 0.286 e. The first-order valence-corrected chi connectivity index (χ1v) is 14.8. The van der Waals surface area contributed by atoms with E-state index in [1.165, 1.54) is 18.2 Å². The number of carbonyl (C=O) groups is 1. The standard InChI is InChI=1S/C23H32N4O6S2/c1-22(2,3)10-11-23(4)13-27(15-7-8-15)21(29)18(19(23)28)20-24-16-9-6-14(25-34(5,30)31)12-17(16)35(32,33)26-20/h6,9,12,15,25,28H,7-8,10-11,13H2,1-5H3,(H,24,26). The van der Waals surface area contributed by atoms with E-state index in [9.17, 15) is 26.7 Å². The quantitative estimate of drug-likeness (QED) is 0.518. The first-order chi connectivity index (χ1) is 16.0. The molecular weight excluding hydrogens is 492 g/mol. The van der Waals surface area contributed by atoms with Gasteiger partial charge in [-0.2, -0.15) is 8.42 Å². The van der Waals surface area contributed by atoms with Crippen LogP contribution in [0.4, 0.5) is 11.4 Å². The molecule has 3 aliphatic rings. The minimum Gasteiger partial charge on any atom is -0.511 e. The minimum absolute atomic E-state index is 0.00984. The molecule has 1 amide bonds. The number of nitrogens with zero attached hydrogens (tertiary/aromatic N) is 2. The molecule has 35 heavy (non-hydrogen) atoms. The highest BCUT2D eigenvalue weighted by molar-refractivity contribution is 7.92. The number of amidine groups is 1. The lowest BCUT2D eigenvalue weighted by Gasteiger charge is -2.42. The second kappa shape index (κ2) is 8.22. The number of aliphatic hydroxyl groups is 1. The summed E-state index contributed by atoms with van der Waals surface area (Å²) in [6.45, 7) is 8.57. The Hall–Kier alpha value is -2.60. The number of benzene rings is 1. The van der Waals surface area contributed by atoms with Gasteiger partial charge in [-0.15, -0.1) is 4.40 Å². The molecule has 1 aliphatic carbocycles. The van der Waals surface area contributed by atoms with Gasteiger partial charge in [0, 0.05) is 23.7 Å². The molecule has 1 unspecified atom stereocenters. The molecule has 2 aliphatic heterocycles. The molecular formula is C23H32N4O6S2. The van der Waals surface area contributed by atoms with Gasteiger partial charge in [0.15, 0.2) is 5.84 Å². The predicted molar refractivity (Wildman–Crippen MR) is 134 cm³/mol. The van der Waals surface area contributed by atoms with E-state index in [4.69, 9.17) is 0 Å². The minimum atomic E-state index is -4.29. The van der Waals surface area contributed by atoms with Crippen LogP contribution >= 0.6 is 0 Å². The lowest BCUT2D eigenvalue weighted by Crippen LogP contribution is -2.50. The molecule has 0 radical (unpaired) electrons. The zero-order valence-corrected chi connectivity index (χ0v) is 22.2. The van der Waals surface area contributed by atoms with Gasteiger partial charge in [0.25, 0.3) is 15.9 Å². The number of hydrogen-bond donors (Lipinski definition) is 3. The summed E-state index contributed by atoms with van der Waals surface area (Å²) < 4.78 is 55.3. The Labute approximate surface area is 206 Å². The van der Waals surface area contributed by atoms with Gasteiger partial charge in [-0.1, -0.05) is 27.7 Å². The third kappa shape index (κ3) is 5.32. The van der Waals surface area contributed by atoms with Gasteiger partial charge in [0.1, 0.15) is 16.2 Å². The van der Waals surface area contributed by atoms with Crippen molar-refractivity contribution < 1.29 is 26.7 Å². The highest BCUT2D eigenvalue weighted by Crippen LogP contribution is 2.45. The van der Waals surface area contributed by atoms with Gasteiger partial charge in [0.2, 0.25) is 10.0 Å². The fraction of sp³-hybridized carbons (Fsp3) is 0.565. The van der Waals surface area contributed by atoms with Crippen LogP contribution in [-0.2, 0) is 24.8 Å². The van der Waals surface area contributed by atoms with Gasteiger partial charge in [-0.25, -0.2) is 8.42 Å². The Bertz CT molecular complexity index is 1350. The van der Waals surface area contributed by atoms with E-state index in [-0.39, 0.29) is 44.9 Å². The molecule has 10 nitrogen and oxygen atoms in total. The van der Waals surface area contributed by atoms with Crippen LogP contribution < -0.4 is 10.0 Å². The molecule has 1 atom stereocenters. The molecule has 0 saturated heterocycles. The second-order valence-electron chi connectivity index (χ2n) is 11.1. The van der Waals surface area contributed by atoms with Gasteiger partial charge in [0.05, 0.1) is 11.9 Å². The molecule has 1 fully saturated rings. The molecule has 1 aromatic carbocycles. The SMILES string of the molecule is CC(C)(C)CCC1(C)CN(C2CC2)C(=O)C(C2=NS(=O)(=O)c3cc(NS(C)(=O)=O)ccc3N2)=C1O. The number of carbonyl (C=O) groups excluding carboxylic acids is 1. The highest BCUT2D eigenvalue weighted by atomic mass is 32.2. The fourth-order valence-corrected chi connectivity index (χ4v) is 6.06. The van der Waals surface area contributed by atoms with Crippen LogP contribution in [-0.4, -0.2) is 57.4 Å². The number of aliphatic hydroxyl groups excluding tert-OH is 1. The van der Waals surface area contributed by atoms with Gasteiger partial charge in [-0.3, -0.25) is 9.52 Å². The van der Waals surface area contributed by atoms with E-state index >= 15 is 0 Å². The van der Waals surface area contributed by atoms with Crippen molar-refractivity contribution in [2.24, 2.45) is 15.2 Å². The van der Waals surface area contributed by atoms with Crippen LogP contribution in [0.25, 0.3) is 0 Å². The van der Waals surface area contributed by atoms with E-state index in [1.807, 2.05) is 6.92 Å². The number of nitrogens with one attached hydrogen (secondary N) is 2. The summed E-state index contributed by atoms with van der Waals surface area (Å²) in [5.41, 5.74) is -0.665. The maximum atomic E-state index is 13.5. The highest BCUT2D eigenvalue weighted by Gasteiger charge is 2.49.